The molecule has 0 radical (unpaired) electrons. The fourth-order valence-electron chi connectivity index (χ4n) is 2.60. The molecule has 2 aromatic rings. The second kappa shape index (κ2) is 8.46. The third-order valence-corrected chi connectivity index (χ3v) is 4.53. The second-order valence-corrected chi connectivity index (χ2v) is 6.99. The lowest BCUT2D eigenvalue weighted by molar-refractivity contribution is 0.227. The van der Waals surface area contributed by atoms with Crippen LogP contribution in [0, 0.1) is 13.8 Å². The van der Waals surface area contributed by atoms with Crippen LogP contribution in [0.15, 0.2) is 22.9 Å². The Bertz CT molecular complexity index is 545. The Kier molecular flexibility index (Phi) is 6.61. The van der Waals surface area contributed by atoms with Gasteiger partial charge in [-0.1, -0.05) is 0 Å². The Morgan fingerprint density at radius 2 is 2.00 bits per heavy atom. The molecule has 22 heavy (non-hydrogen) atoms. The lowest BCUT2D eigenvalue weighted by Gasteiger charge is -2.23. The predicted molar refractivity (Wildman–Crippen MR) is 94.5 cm³/mol. The van der Waals surface area contributed by atoms with Gasteiger partial charge in [0.15, 0.2) is 0 Å². The van der Waals surface area contributed by atoms with Gasteiger partial charge in [0, 0.05) is 38.4 Å². The van der Waals surface area contributed by atoms with Crippen molar-refractivity contribution in [2.75, 3.05) is 33.7 Å². The van der Waals surface area contributed by atoms with E-state index >= 15 is 0 Å². The van der Waals surface area contributed by atoms with E-state index in [2.05, 4.69) is 70.4 Å². The van der Waals surface area contributed by atoms with Crippen LogP contribution in [0.2, 0.25) is 0 Å². The van der Waals surface area contributed by atoms with E-state index in [1.165, 1.54) is 11.3 Å². The monoisotopic (exact) mass is 320 g/mol. The molecule has 0 N–H and O–H groups in total. The molecule has 0 bridgehead atoms. The number of nitrogens with zero attached hydrogens (tertiary/aromatic N) is 4. The van der Waals surface area contributed by atoms with Crippen LogP contribution in [0.3, 0.4) is 0 Å². The Hall–Kier alpha value is -1.17. The summed E-state index contributed by atoms with van der Waals surface area (Å²) in [7, 11) is 4.28. The molecule has 4 nitrogen and oxygen atoms in total. The molecular formula is C17H28N4S. The summed E-state index contributed by atoms with van der Waals surface area (Å²) in [5.41, 5.74) is 3.80. The maximum absolute atomic E-state index is 4.55. The van der Waals surface area contributed by atoms with E-state index in [0.29, 0.717) is 0 Å². The minimum atomic E-state index is 1.00. The molecule has 2 heterocycles. The first-order chi connectivity index (χ1) is 10.5. The van der Waals surface area contributed by atoms with Crippen LogP contribution in [0.5, 0.6) is 0 Å². The molecule has 2 rings (SSSR count). The molecule has 2 aromatic heterocycles. The number of aryl methyl sites for hydroxylation is 3. The van der Waals surface area contributed by atoms with Crippen molar-refractivity contribution in [2.24, 2.45) is 0 Å². The summed E-state index contributed by atoms with van der Waals surface area (Å²) in [6.45, 7) is 9.57. The minimum Gasteiger partial charge on any atom is -0.308 e. The number of likely N-dealkylation sites (N-methyl/N-ethyl adjacent to an activating group) is 1. The molecule has 0 aliphatic heterocycles. The lowest BCUT2D eigenvalue weighted by Crippen LogP contribution is -2.32. The summed E-state index contributed by atoms with van der Waals surface area (Å²) in [5.74, 6) is 0. The maximum Gasteiger partial charge on any atom is 0.0596 e. The molecule has 0 saturated heterocycles. The quantitative estimate of drug-likeness (QED) is 0.710. The molecule has 122 valence electrons. The smallest absolute Gasteiger partial charge is 0.0596 e. The van der Waals surface area contributed by atoms with Gasteiger partial charge in [0.05, 0.1) is 5.69 Å². The average molecular weight is 321 g/mol. The van der Waals surface area contributed by atoms with E-state index in [1.54, 1.807) is 11.3 Å². The van der Waals surface area contributed by atoms with Crippen molar-refractivity contribution < 1.29 is 0 Å². The number of hydrogen-bond donors (Lipinski definition) is 0. The Morgan fingerprint density at radius 3 is 2.59 bits per heavy atom. The molecule has 0 amide bonds. The maximum atomic E-state index is 4.55. The summed E-state index contributed by atoms with van der Waals surface area (Å²) in [4.78, 5) is 4.80. The van der Waals surface area contributed by atoms with Gasteiger partial charge in [-0.3, -0.25) is 9.58 Å². The standard InChI is InChI=1S/C17H28N4S/c1-15-12-16(2)21(18-15)8-5-7-20(10-9-19(3)4)13-17-6-11-22-14-17/h6,11-12,14H,5,7-10,13H2,1-4H3. The van der Waals surface area contributed by atoms with Crippen molar-refractivity contribution in [2.45, 2.75) is 33.4 Å². The summed E-state index contributed by atoms with van der Waals surface area (Å²) in [6, 6.07) is 4.38. The highest BCUT2D eigenvalue weighted by Gasteiger charge is 2.08. The van der Waals surface area contributed by atoms with Crippen LogP contribution in [-0.4, -0.2) is 53.3 Å². The average Bonchev–Trinajstić information content (AvgIpc) is 3.06. The van der Waals surface area contributed by atoms with Gasteiger partial charge in [0.2, 0.25) is 0 Å². The molecule has 0 spiro atoms. The molecule has 0 aromatic carbocycles. The molecule has 0 aliphatic carbocycles. The van der Waals surface area contributed by atoms with E-state index in [0.717, 1.165) is 44.8 Å². The Morgan fingerprint density at radius 1 is 1.18 bits per heavy atom. The highest BCUT2D eigenvalue weighted by Crippen LogP contribution is 2.10. The molecule has 0 aliphatic rings. The van der Waals surface area contributed by atoms with Crippen LogP contribution >= 0.6 is 11.3 Å². The van der Waals surface area contributed by atoms with Crippen molar-refractivity contribution in [3.8, 4) is 0 Å². The van der Waals surface area contributed by atoms with E-state index < -0.39 is 0 Å². The van der Waals surface area contributed by atoms with Gasteiger partial charge in [-0.15, -0.1) is 0 Å². The zero-order valence-electron chi connectivity index (χ0n) is 14.2. The number of aromatic nitrogens is 2. The van der Waals surface area contributed by atoms with E-state index in [4.69, 9.17) is 0 Å². The topological polar surface area (TPSA) is 24.3 Å². The van der Waals surface area contributed by atoms with Crippen LogP contribution in [0.4, 0.5) is 0 Å². The SMILES string of the molecule is Cc1cc(C)n(CCCN(CCN(C)C)Cc2ccsc2)n1. The van der Waals surface area contributed by atoms with Gasteiger partial charge < -0.3 is 4.90 Å². The van der Waals surface area contributed by atoms with Gasteiger partial charge in [-0.25, -0.2) is 0 Å². The van der Waals surface area contributed by atoms with Crippen molar-refractivity contribution in [3.05, 3.63) is 39.8 Å². The largest absolute Gasteiger partial charge is 0.308 e. The van der Waals surface area contributed by atoms with Crippen LogP contribution in [0.1, 0.15) is 23.4 Å². The summed E-state index contributed by atoms with van der Waals surface area (Å²) >= 11 is 1.78. The van der Waals surface area contributed by atoms with Crippen LogP contribution in [-0.2, 0) is 13.1 Å². The van der Waals surface area contributed by atoms with Gasteiger partial charge in [0.1, 0.15) is 0 Å². The normalized spacial score (nSPS) is 11.7. The summed E-state index contributed by atoms with van der Waals surface area (Å²) in [5, 5.41) is 8.96. The van der Waals surface area contributed by atoms with Gasteiger partial charge in [-0.05, 0) is 62.8 Å². The van der Waals surface area contributed by atoms with Gasteiger partial charge in [-0.2, -0.15) is 16.4 Å². The highest BCUT2D eigenvalue weighted by molar-refractivity contribution is 7.07. The van der Waals surface area contributed by atoms with Crippen LogP contribution < -0.4 is 0 Å². The van der Waals surface area contributed by atoms with Crippen molar-refractivity contribution in [1.82, 2.24) is 19.6 Å². The number of rotatable bonds is 9. The Balaban J connectivity index is 1.84. The highest BCUT2D eigenvalue weighted by atomic mass is 32.1. The first-order valence-electron chi connectivity index (χ1n) is 7.94. The molecule has 0 saturated carbocycles. The fraction of sp³-hybridized carbons (Fsp3) is 0.588. The zero-order chi connectivity index (χ0) is 15.9. The van der Waals surface area contributed by atoms with Crippen molar-refractivity contribution in [1.29, 1.82) is 0 Å². The third-order valence-electron chi connectivity index (χ3n) is 3.80. The van der Waals surface area contributed by atoms with Crippen molar-refractivity contribution in [3.63, 3.8) is 0 Å². The number of hydrogen-bond acceptors (Lipinski definition) is 4. The van der Waals surface area contributed by atoms with E-state index in [-0.39, 0.29) is 0 Å². The molecular weight excluding hydrogens is 292 g/mol. The first-order valence-corrected chi connectivity index (χ1v) is 8.88. The predicted octanol–water partition coefficient (Wildman–Crippen LogP) is 3.02. The Labute approximate surface area is 138 Å². The number of thiophene rings is 1. The molecule has 0 unspecified atom stereocenters. The lowest BCUT2D eigenvalue weighted by atomic mass is 10.3. The van der Waals surface area contributed by atoms with Crippen molar-refractivity contribution >= 4 is 11.3 Å². The van der Waals surface area contributed by atoms with E-state index in [1.807, 2.05) is 0 Å². The molecule has 0 atom stereocenters. The molecule has 0 fully saturated rings. The van der Waals surface area contributed by atoms with Gasteiger partial charge in [0.25, 0.3) is 0 Å². The van der Waals surface area contributed by atoms with Gasteiger partial charge >= 0.3 is 0 Å². The zero-order valence-corrected chi connectivity index (χ0v) is 15.1. The third kappa shape index (κ3) is 5.55. The summed E-state index contributed by atoms with van der Waals surface area (Å²) < 4.78 is 2.13. The fourth-order valence-corrected chi connectivity index (χ4v) is 3.26. The minimum absolute atomic E-state index is 1.00. The second-order valence-electron chi connectivity index (χ2n) is 6.21. The van der Waals surface area contributed by atoms with Crippen LogP contribution in [0.25, 0.3) is 0 Å². The first kappa shape index (κ1) is 17.2. The van der Waals surface area contributed by atoms with E-state index in [9.17, 15) is 0 Å². The summed E-state index contributed by atoms with van der Waals surface area (Å²) in [6.07, 6.45) is 1.14. The molecule has 5 heteroatoms.